The summed E-state index contributed by atoms with van der Waals surface area (Å²) in [6.07, 6.45) is -3.17. The number of Topliss-reactive ketones (excluding diaryl/α,β-unsaturated/α-hetero) is 1. The number of hydrogen-bond donors (Lipinski definition) is 2. The van der Waals surface area contributed by atoms with Crippen molar-refractivity contribution in [1.82, 2.24) is 0 Å². The van der Waals surface area contributed by atoms with Gasteiger partial charge in [0.15, 0.2) is 6.29 Å². The van der Waals surface area contributed by atoms with Crippen molar-refractivity contribution in [2.45, 2.75) is 116 Å². The zero-order chi connectivity index (χ0) is 31.0. The Labute approximate surface area is 246 Å². The van der Waals surface area contributed by atoms with Crippen LogP contribution in [0.3, 0.4) is 0 Å². The van der Waals surface area contributed by atoms with E-state index in [1.54, 1.807) is 6.92 Å². The Kier molecular flexibility index (Phi) is 8.56. The number of aliphatic hydroxyl groups is 2. The molecule has 1 saturated heterocycles. The van der Waals surface area contributed by atoms with Crippen molar-refractivity contribution in [3.05, 3.63) is 11.6 Å². The van der Waals surface area contributed by atoms with Crippen LogP contribution >= 0.6 is 0 Å². The Hall–Kier alpha value is -1.01. The highest BCUT2D eigenvalue weighted by Crippen LogP contribution is 2.66. The maximum absolute atomic E-state index is 12.6. The summed E-state index contributed by atoms with van der Waals surface area (Å²) in [6.45, 7) is 7.26. The molecule has 13 nitrogen and oxygen atoms in total. The number of carbonyl (C=O) groups is 1. The summed E-state index contributed by atoms with van der Waals surface area (Å²) in [4.78, 5) is 12.6. The molecule has 5 aliphatic rings. The second-order valence-electron chi connectivity index (χ2n) is 13.3. The molecule has 1 heterocycles. The van der Waals surface area contributed by atoms with Crippen molar-refractivity contribution in [2.24, 2.45) is 34.5 Å². The normalized spacial score (nSPS) is 47.6. The van der Waals surface area contributed by atoms with Gasteiger partial charge in [-0.2, -0.15) is 0 Å². The molecule has 13 atom stereocenters. The Bertz CT molecular complexity index is 1310. The summed E-state index contributed by atoms with van der Waals surface area (Å²) in [5, 5.41) is 21.5. The van der Waals surface area contributed by atoms with Crippen LogP contribution < -0.4 is 0 Å². The molecule has 4 fully saturated rings. The molecule has 0 bridgehead atoms. The van der Waals surface area contributed by atoms with Gasteiger partial charge in [0.2, 0.25) is 20.8 Å². The molecule has 4 aliphatic carbocycles. The molecular weight excluding hydrogens is 596 g/mol. The number of rotatable bonds is 7. The van der Waals surface area contributed by atoms with Crippen molar-refractivity contribution in [3.8, 4) is 0 Å². The summed E-state index contributed by atoms with van der Waals surface area (Å²) in [7, 11) is -10.2. The Morgan fingerprint density at radius 1 is 1.00 bits per heavy atom. The molecule has 42 heavy (non-hydrogen) atoms. The number of ether oxygens (including phenoxy) is 2. The third-order valence-electron chi connectivity index (χ3n) is 11.0. The maximum atomic E-state index is 12.6. The number of aliphatic hydroxyl groups excluding tert-OH is 2. The van der Waals surface area contributed by atoms with E-state index >= 15 is 0 Å². The minimum absolute atomic E-state index is 0.0322. The molecule has 240 valence electrons. The maximum Gasteiger partial charge on any atom is 0.218 e. The molecular formula is C27H40O13S2-2. The molecule has 0 aromatic rings. The number of fused-ring (bicyclic) bond motifs is 5. The van der Waals surface area contributed by atoms with Crippen LogP contribution in [-0.4, -0.2) is 84.9 Å². The van der Waals surface area contributed by atoms with Gasteiger partial charge in [-0.3, -0.25) is 13.2 Å². The zero-order valence-electron chi connectivity index (χ0n) is 24.1. The van der Waals surface area contributed by atoms with E-state index in [9.17, 15) is 40.9 Å². The average molecular weight is 637 g/mol. The topological polar surface area (TPSA) is 209 Å². The predicted molar refractivity (Wildman–Crippen MR) is 142 cm³/mol. The Morgan fingerprint density at radius 3 is 2.29 bits per heavy atom. The lowest BCUT2D eigenvalue weighted by Crippen LogP contribution is -2.61. The first-order chi connectivity index (χ1) is 19.3. The molecule has 2 N–H and O–H groups in total. The van der Waals surface area contributed by atoms with Crippen LogP contribution in [0, 0.1) is 34.5 Å². The van der Waals surface area contributed by atoms with Crippen LogP contribution in [0.2, 0.25) is 0 Å². The number of carbonyl (C=O) groups excluding carboxylic acids is 1. The highest BCUT2D eigenvalue weighted by atomic mass is 32.3. The molecule has 0 aromatic carbocycles. The number of ketones is 1. The lowest BCUT2D eigenvalue weighted by Gasteiger charge is -2.59. The van der Waals surface area contributed by atoms with Gasteiger partial charge >= 0.3 is 0 Å². The third-order valence-corrected chi connectivity index (χ3v) is 12.0. The minimum atomic E-state index is -5.20. The predicted octanol–water partition coefficient (Wildman–Crippen LogP) is 1.31. The first kappa shape index (κ1) is 32.4. The van der Waals surface area contributed by atoms with Crippen LogP contribution in [0.4, 0.5) is 0 Å². The van der Waals surface area contributed by atoms with E-state index in [-0.39, 0.29) is 41.3 Å². The molecule has 1 aliphatic heterocycles. The molecule has 0 aromatic heterocycles. The third kappa shape index (κ3) is 5.86. The first-order valence-electron chi connectivity index (χ1n) is 14.5. The van der Waals surface area contributed by atoms with Gasteiger partial charge in [0.1, 0.15) is 24.1 Å². The van der Waals surface area contributed by atoms with Crippen molar-refractivity contribution < 1.29 is 58.8 Å². The van der Waals surface area contributed by atoms with Crippen LogP contribution in [0.5, 0.6) is 0 Å². The molecule has 5 rings (SSSR count). The molecule has 3 saturated carbocycles. The molecule has 0 unspecified atom stereocenters. The zero-order valence-corrected chi connectivity index (χ0v) is 25.7. The summed E-state index contributed by atoms with van der Waals surface area (Å²) >= 11 is 0. The van der Waals surface area contributed by atoms with Crippen LogP contribution in [0.1, 0.15) is 72.6 Å². The first-order valence-corrected chi connectivity index (χ1v) is 17.2. The summed E-state index contributed by atoms with van der Waals surface area (Å²) in [5.41, 5.74) is 0.530. The van der Waals surface area contributed by atoms with Gasteiger partial charge < -0.3 is 28.8 Å². The van der Waals surface area contributed by atoms with E-state index < -0.39 is 69.1 Å². The number of allylic oxidation sites excluding steroid dienone is 2. The highest BCUT2D eigenvalue weighted by molar-refractivity contribution is 7.81. The SMILES string of the molecule is CC(=O)[C@H]1CC[C@H]2[C@@H]3C[C@H](O[C@@H]4O[C@H](C)[C@@H](OS(=O)(=O)[O-])[C@H](O)[C@H]4O)[C@H]4C[C@@H](OS(=O)(=O)[O-])CC[C@]4(C)C3=CC[C@]12C. The lowest BCUT2D eigenvalue weighted by molar-refractivity contribution is -0.312. The van der Waals surface area contributed by atoms with E-state index in [2.05, 4.69) is 24.1 Å². The Balaban J connectivity index is 1.46. The number of hydrogen-bond acceptors (Lipinski definition) is 13. The van der Waals surface area contributed by atoms with Crippen molar-refractivity contribution >= 4 is 26.6 Å². The highest BCUT2D eigenvalue weighted by Gasteiger charge is 2.61. The average Bonchev–Trinajstić information content (AvgIpc) is 3.22. The molecule has 0 radical (unpaired) electrons. The van der Waals surface area contributed by atoms with Crippen LogP contribution in [-0.2, 0) is 43.4 Å². The van der Waals surface area contributed by atoms with E-state index in [0.29, 0.717) is 19.3 Å². The van der Waals surface area contributed by atoms with Crippen molar-refractivity contribution in [3.63, 3.8) is 0 Å². The van der Waals surface area contributed by atoms with Gasteiger partial charge in [-0.15, -0.1) is 0 Å². The molecule has 0 spiro atoms. The minimum Gasteiger partial charge on any atom is -0.726 e. The monoisotopic (exact) mass is 636 g/mol. The fourth-order valence-corrected chi connectivity index (χ4v) is 10.2. The van der Waals surface area contributed by atoms with Gasteiger partial charge in [0, 0.05) is 5.92 Å². The fraction of sp³-hybridized carbons (Fsp3) is 0.889. The van der Waals surface area contributed by atoms with Crippen molar-refractivity contribution in [2.75, 3.05) is 0 Å². The van der Waals surface area contributed by atoms with Crippen LogP contribution in [0.15, 0.2) is 11.6 Å². The second kappa shape index (κ2) is 11.1. The fourth-order valence-electron chi connectivity index (χ4n) is 9.14. The van der Waals surface area contributed by atoms with Gasteiger partial charge in [-0.05, 0) is 87.4 Å². The van der Waals surface area contributed by atoms with E-state index in [0.717, 1.165) is 19.3 Å². The molecule has 0 amide bonds. The molecule has 15 heteroatoms. The lowest BCUT2D eigenvalue weighted by atomic mass is 9.48. The quantitative estimate of drug-likeness (QED) is 0.230. The van der Waals surface area contributed by atoms with Gasteiger partial charge in [-0.1, -0.05) is 25.5 Å². The van der Waals surface area contributed by atoms with E-state index in [1.807, 2.05) is 0 Å². The van der Waals surface area contributed by atoms with Gasteiger partial charge in [-0.25, -0.2) is 16.8 Å². The van der Waals surface area contributed by atoms with Gasteiger partial charge in [0.25, 0.3) is 0 Å². The van der Waals surface area contributed by atoms with Crippen molar-refractivity contribution in [1.29, 1.82) is 0 Å². The van der Waals surface area contributed by atoms with E-state index in [4.69, 9.17) is 13.7 Å². The summed E-state index contributed by atoms with van der Waals surface area (Å²) in [6, 6.07) is 0. The second-order valence-corrected chi connectivity index (χ2v) is 15.3. The standard InChI is InChI=1S/C27H42O13S2/c1-13(28)17-5-6-18-16-12-21(38-25-23(30)22(29)24(14(2)37-25)40-42(34,35)36)20-11-15(39-41(31,32)33)7-9-27(20,4)19(16)8-10-26(17,18)3/h8,14-18,20-25,29-30H,5-7,9-12H2,1-4H3,(H,31,32,33)(H,34,35,36)/p-2/t14-,15+,16+,17-,18+,20-,21+,22-,23-,24-,25+,26-,27-/m1/s1. The van der Waals surface area contributed by atoms with Gasteiger partial charge in [0.05, 0.1) is 18.3 Å². The van der Waals surface area contributed by atoms with Crippen LogP contribution in [0.25, 0.3) is 0 Å². The summed E-state index contributed by atoms with van der Waals surface area (Å²) < 4.78 is 89.3. The Morgan fingerprint density at radius 2 is 1.67 bits per heavy atom. The van der Waals surface area contributed by atoms with E-state index in [1.165, 1.54) is 12.5 Å². The smallest absolute Gasteiger partial charge is 0.218 e. The largest absolute Gasteiger partial charge is 0.726 e. The summed E-state index contributed by atoms with van der Waals surface area (Å²) in [5.74, 6) is -0.0307.